The van der Waals surface area contributed by atoms with Crippen LogP contribution in [-0.2, 0) is 38.2 Å². The Hall–Kier alpha value is -6.45. The van der Waals surface area contributed by atoms with Gasteiger partial charge in [0.1, 0.15) is 11.5 Å². The van der Waals surface area contributed by atoms with Crippen LogP contribution in [0.15, 0.2) is 107 Å². The number of nitrogens with zero attached hydrogens (tertiary/aromatic N) is 2. The van der Waals surface area contributed by atoms with Crippen LogP contribution in [0.4, 0.5) is 21.0 Å². The van der Waals surface area contributed by atoms with Crippen molar-refractivity contribution in [1.29, 1.82) is 0 Å². The fourth-order valence-corrected chi connectivity index (χ4v) is 7.93. The third-order valence-electron chi connectivity index (χ3n) is 11.8. The van der Waals surface area contributed by atoms with Gasteiger partial charge in [-0.2, -0.15) is 0 Å². The molecule has 0 spiro atoms. The van der Waals surface area contributed by atoms with Gasteiger partial charge in [-0.25, -0.2) is 19.6 Å². The van der Waals surface area contributed by atoms with E-state index in [0.717, 1.165) is 45.1 Å². The molecule has 69 heavy (non-hydrogen) atoms. The van der Waals surface area contributed by atoms with Crippen molar-refractivity contribution in [3.8, 4) is 23.0 Å². The molecular weight excluding hydrogens is 911 g/mol. The monoisotopic (exact) mass is 976 g/mol. The number of ether oxygens (including phenoxy) is 2. The van der Waals surface area contributed by atoms with Gasteiger partial charge in [-0.15, -0.1) is 0 Å². The van der Waals surface area contributed by atoms with Crippen LogP contribution in [0.3, 0.4) is 0 Å². The maximum Gasteiger partial charge on any atom is 2.00 e. The second kappa shape index (κ2) is 21.0. The second-order valence-electron chi connectivity index (χ2n) is 21.5. The fraction of sp³-hybridized carbons (Fsp3) is 0.345. The summed E-state index contributed by atoms with van der Waals surface area (Å²) < 4.78 is 9.24. The van der Waals surface area contributed by atoms with E-state index in [0.29, 0.717) is 11.1 Å². The Morgan fingerprint density at radius 3 is 1.06 bits per heavy atom. The van der Waals surface area contributed by atoms with Gasteiger partial charge >= 0.3 is 28.8 Å². The normalized spacial score (nSPS) is 13.5. The maximum atomic E-state index is 12.2. The predicted octanol–water partition coefficient (Wildman–Crippen LogP) is 14.2. The number of hydrogen-bond donors (Lipinski definition) is 2. The molecule has 366 valence electrons. The van der Waals surface area contributed by atoms with Crippen LogP contribution in [0.2, 0.25) is 0 Å². The molecule has 0 aromatic heterocycles. The van der Waals surface area contributed by atoms with Crippen LogP contribution >= 0.6 is 0 Å². The topological polar surface area (TPSA) is 164 Å². The molecule has 0 unspecified atom stereocenters. The molecule has 0 amide bonds. The van der Waals surface area contributed by atoms with Crippen molar-refractivity contribution in [3.63, 3.8) is 0 Å². The largest absolute Gasteiger partial charge is 2.00 e. The maximum absolute atomic E-state index is 12.2. The average Bonchev–Trinajstić information content (AvgIpc) is 3.50. The van der Waals surface area contributed by atoms with Crippen LogP contribution in [0.1, 0.15) is 139 Å². The van der Waals surface area contributed by atoms with E-state index in [-0.39, 0.29) is 61.1 Å². The minimum Gasteiger partial charge on any atom is -0.870 e. The molecular formula is C58H66N2NiO8. The number of hydrogen-bond acceptors (Lipinski definition) is 8. The quantitative estimate of drug-likeness (QED) is 0.100. The Morgan fingerprint density at radius 2 is 0.783 bits per heavy atom. The van der Waals surface area contributed by atoms with E-state index in [2.05, 4.69) is 110 Å². The first-order valence-electron chi connectivity index (χ1n) is 22.8. The summed E-state index contributed by atoms with van der Waals surface area (Å²) in [5, 5.41) is 44.4. The van der Waals surface area contributed by atoms with Crippen LogP contribution in [-0.4, -0.2) is 33.9 Å². The Labute approximate surface area is 418 Å². The molecule has 2 N–H and O–H groups in total. The van der Waals surface area contributed by atoms with Crippen molar-refractivity contribution in [2.45, 2.75) is 132 Å². The van der Waals surface area contributed by atoms with Crippen LogP contribution in [0, 0.1) is 27.7 Å². The summed E-state index contributed by atoms with van der Waals surface area (Å²) in [5.74, 6) is -0.958. The van der Waals surface area contributed by atoms with Gasteiger partial charge in [0.05, 0.1) is 22.8 Å². The smallest absolute Gasteiger partial charge is 0.870 e. The van der Waals surface area contributed by atoms with Gasteiger partial charge in [-0.3, -0.25) is 0 Å². The Morgan fingerprint density at radius 1 is 0.478 bits per heavy atom. The Bertz CT molecular complexity index is 2720. The van der Waals surface area contributed by atoms with Gasteiger partial charge in [0.2, 0.25) is 0 Å². The van der Waals surface area contributed by atoms with Crippen molar-refractivity contribution >= 4 is 45.9 Å². The standard InChI is InChI=1S/C28H24N2.2C15H22O4.Ni/c1-17-9-5-10-18(2)25(17)29-27-22-15-7-13-21-14-8-16-23(24(21)22)28(27)30-26-19(3)11-6-12-20(26)4;2*1-14(2,3)9-7-10(15(4,5)6)12(16)11(8-9)19-13(17)18;/h5-16H,1-4H3;2*7-8,16H,1-6H3,(H,17,18);/q;;;+2/p-2. The van der Waals surface area contributed by atoms with E-state index in [1.807, 2.05) is 95.2 Å². The van der Waals surface area contributed by atoms with Crippen molar-refractivity contribution < 1.29 is 56.0 Å². The van der Waals surface area contributed by atoms with Gasteiger partial charge in [-0.1, -0.05) is 180 Å². The first-order valence-corrected chi connectivity index (χ1v) is 22.8. The van der Waals surface area contributed by atoms with E-state index in [1.54, 1.807) is 0 Å². The van der Waals surface area contributed by atoms with Crippen LogP contribution in [0.25, 0.3) is 10.8 Å². The predicted molar refractivity (Wildman–Crippen MR) is 272 cm³/mol. The van der Waals surface area contributed by atoms with E-state index in [1.165, 1.54) is 45.2 Å². The Kier molecular flexibility index (Phi) is 16.8. The third kappa shape index (κ3) is 13.0. The van der Waals surface area contributed by atoms with E-state index in [4.69, 9.17) is 20.2 Å². The van der Waals surface area contributed by atoms with Crippen LogP contribution < -0.4 is 19.7 Å². The number of carboxylic acid groups (broad SMARTS) is 2. The minimum atomic E-state index is -1.47. The molecule has 7 rings (SSSR count). The summed E-state index contributed by atoms with van der Waals surface area (Å²) in [5.41, 5.74) is 12.8. The molecule has 0 heterocycles. The summed E-state index contributed by atoms with van der Waals surface area (Å²) in [7, 11) is 0. The summed E-state index contributed by atoms with van der Waals surface area (Å²) in [6.45, 7) is 32.0. The minimum absolute atomic E-state index is 0. The number of benzene rings is 6. The van der Waals surface area contributed by atoms with Crippen molar-refractivity contribution in [2.24, 2.45) is 9.98 Å². The second-order valence-corrected chi connectivity index (χ2v) is 21.5. The molecule has 1 aliphatic rings. The molecule has 0 radical (unpaired) electrons. The molecule has 10 nitrogen and oxygen atoms in total. The molecule has 11 heteroatoms. The fourth-order valence-electron chi connectivity index (χ4n) is 7.93. The molecule has 0 saturated carbocycles. The van der Waals surface area contributed by atoms with Crippen molar-refractivity contribution in [2.75, 3.05) is 0 Å². The molecule has 6 aromatic rings. The van der Waals surface area contributed by atoms with Gasteiger partial charge in [0.25, 0.3) is 0 Å². The average molecular weight is 978 g/mol. The zero-order valence-corrected chi connectivity index (χ0v) is 43.8. The summed E-state index contributed by atoms with van der Waals surface area (Å²) >= 11 is 0. The molecule has 0 saturated heterocycles. The third-order valence-corrected chi connectivity index (χ3v) is 11.8. The first kappa shape index (κ1) is 55.2. The van der Waals surface area contributed by atoms with E-state index >= 15 is 0 Å². The number of aliphatic imine (C=N–C) groups is 2. The Balaban J connectivity index is 0.000000235. The molecule has 6 aromatic carbocycles. The SMILES string of the molecule is CC(C)(C)c1cc(OC(=O)O)c([O-])c(C(C)(C)C)c1.CC(C)(C)c1cc(OC(=O)O)c([O-])c(C(C)(C)C)c1.Cc1cccc(C)c1N=C1C(=Nc2c(C)cccc2C)c2cccc3cccc1c23.[Ni+2]. The molecule has 1 aliphatic carbocycles. The van der Waals surface area contributed by atoms with Gasteiger partial charge < -0.3 is 29.9 Å². The van der Waals surface area contributed by atoms with Gasteiger partial charge in [0.15, 0.2) is 0 Å². The molecule has 0 aliphatic heterocycles. The van der Waals surface area contributed by atoms with Crippen LogP contribution in [0.5, 0.6) is 23.0 Å². The summed E-state index contributed by atoms with van der Waals surface area (Å²) in [6.07, 6.45) is -2.94. The van der Waals surface area contributed by atoms with E-state index in [9.17, 15) is 19.8 Å². The van der Waals surface area contributed by atoms with E-state index < -0.39 is 12.3 Å². The molecule has 0 fully saturated rings. The summed E-state index contributed by atoms with van der Waals surface area (Å²) in [4.78, 5) is 31.8. The first-order chi connectivity index (χ1) is 31.4. The molecule has 0 bridgehead atoms. The number of aryl methyl sites for hydroxylation is 4. The zero-order valence-electron chi connectivity index (χ0n) is 42.8. The van der Waals surface area contributed by atoms with Crippen molar-refractivity contribution in [1.82, 2.24) is 0 Å². The van der Waals surface area contributed by atoms with Crippen molar-refractivity contribution in [3.05, 3.63) is 153 Å². The van der Waals surface area contributed by atoms with Gasteiger partial charge in [-0.05, 0) is 111 Å². The summed E-state index contributed by atoms with van der Waals surface area (Å²) in [6, 6.07) is 32.3. The van der Waals surface area contributed by atoms with Gasteiger partial charge in [0, 0.05) is 16.5 Å². The zero-order chi connectivity index (χ0) is 50.8. The molecule has 0 atom stereocenters. The number of carbonyl (C=O) groups is 2. The number of rotatable bonds is 4. The number of para-hydroxylation sites is 2.